The molecule has 0 radical (unpaired) electrons. The van der Waals surface area contributed by atoms with Gasteiger partial charge in [0.25, 0.3) is 5.91 Å². The van der Waals surface area contributed by atoms with Gasteiger partial charge in [-0.3, -0.25) is 14.5 Å². The number of halogens is 1. The molecule has 0 aliphatic carbocycles. The summed E-state index contributed by atoms with van der Waals surface area (Å²) in [5, 5.41) is 11.3. The number of hydrogen-bond donors (Lipinski definition) is 1. The standard InChI is InChI=1S/C26H17ClN2O4S/c1-2-13-6-8-18-20(10-13)34-26(28-18)29-22(14-4-3-5-16(30)11-14)21-23(31)17-12-15(27)7-9-19(17)33-24(21)25(29)32/h3-12,22,30H,2H2,1H3. The van der Waals surface area contributed by atoms with Crippen molar-refractivity contribution in [1.82, 2.24) is 4.98 Å². The molecule has 0 spiro atoms. The summed E-state index contributed by atoms with van der Waals surface area (Å²) in [6, 6.07) is 16.5. The van der Waals surface area contributed by atoms with Crippen molar-refractivity contribution in [2.24, 2.45) is 0 Å². The average Bonchev–Trinajstić information content (AvgIpc) is 3.37. The second-order valence-electron chi connectivity index (χ2n) is 8.14. The Kier molecular flexibility index (Phi) is 4.72. The molecule has 34 heavy (non-hydrogen) atoms. The highest BCUT2D eigenvalue weighted by Gasteiger charge is 2.45. The third-order valence-electron chi connectivity index (χ3n) is 6.07. The van der Waals surface area contributed by atoms with Crippen LogP contribution in [0.3, 0.4) is 0 Å². The number of aromatic nitrogens is 1. The van der Waals surface area contributed by atoms with Gasteiger partial charge in [0.05, 0.1) is 27.2 Å². The number of carbonyl (C=O) groups excluding carboxylic acids is 1. The molecule has 8 heteroatoms. The van der Waals surface area contributed by atoms with Crippen LogP contribution in [-0.4, -0.2) is 16.0 Å². The highest BCUT2D eigenvalue weighted by atomic mass is 35.5. The molecule has 3 heterocycles. The van der Waals surface area contributed by atoms with Crippen LogP contribution in [0.25, 0.3) is 21.2 Å². The molecule has 0 saturated carbocycles. The molecule has 1 unspecified atom stereocenters. The molecule has 5 aromatic rings. The zero-order valence-corrected chi connectivity index (χ0v) is 19.5. The first-order valence-electron chi connectivity index (χ1n) is 10.7. The number of phenols is 1. The molecule has 6 rings (SSSR count). The number of fused-ring (bicyclic) bond motifs is 3. The molecule has 6 nitrogen and oxygen atoms in total. The van der Waals surface area contributed by atoms with Gasteiger partial charge in [-0.25, -0.2) is 4.98 Å². The van der Waals surface area contributed by atoms with Crippen molar-refractivity contribution in [3.63, 3.8) is 0 Å². The van der Waals surface area contributed by atoms with Crippen LogP contribution in [0.2, 0.25) is 5.02 Å². The average molecular weight is 489 g/mol. The van der Waals surface area contributed by atoms with Crippen LogP contribution in [0.1, 0.15) is 40.2 Å². The van der Waals surface area contributed by atoms with Crippen LogP contribution in [0, 0.1) is 0 Å². The van der Waals surface area contributed by atoms with Crippen molar-refractivity contribution in [1.29, 1.82) is 0 Å². The topological polar surface area (TPSA) is 83.6 Å². The number of aromatic hydroxyl groups is 1. The minimum atomic E-state index is -0.805. The fourth-order valence-electron chi connectivity index (χ4n) is 4.43. The first-order chi connectivity index (χ1) is 16.4. The summed E-state index contributed by atoms with van der Waals surface area (Å²) in [4.78, 5) is 33.5. The van der Waals surface area contributed by atoms with Crippen molar-refractivity contribution in [2.45, 2.75) is 19.4 Å². The van der Waals surface area contributed by atoms with Crippen molar-refractivity contribution in [3.8, 4) is 5.75 Å². The number of aryl methyl sites for hydroxylation is 1. The lowest BCUT2D eigenvalue weighted by molar-refractivity contribution is 0.0971. The number of hydrogen-bond acceptors (Lipinski definition) is 6. The summed E-state index contributed by atoms with van der Waals surface area (Å²) >= 11 is 7.52. The largest absolute Gasteiger partial charge is 0.508 e. The van der Waals surface area contributed by atoms with Crippen LogP contribution in [-0.2, 0) is 6.42 Å². The number of carbonyl (C=O) groups is 1. The summed E-state index contributed by atoms with van der Waals surface area (Å²) in [5.41, 5.74) is 2.68. The van der Waals surface area contributed by atoms with E-state index in [9.17, 15) is 14.7 Å². The Bertz CT molecular complexity index is 1690. The van der Waals surface area contributed by atoms with E-state index in [1.54, 1.807) is 36.4 Å². The maximum atomic E-state index is 13.7. The van der Waals surface area contributed by atoms with E-state index in [0.29, 0.717) is 21.1 Å². The summed E-state index contributed by atoms with van der Waals surface area (Å²) in [7, 11) is 0. The van der Waals surface area contributed by atoms with Crippen LogP contribution >= 0.6 is 22.9 Å². The van der Waals surface area contributed by atoms with Crippen LogP contribution in [0.5, 0.6) is 5.75 Å². The zero-order valence-electron chi connectivity index (χ0n) is 17.9. The third kappa shape index (κ3) is 3.12. The van der Waals surface area contributed by atoms with E-state index in [0.717, 1.165) is 16.6 Å². The van der Waals surface area contributed by atoms with Gasteiger partial charge in [-0.15, -0.1) is 0 Å². The lowest BCUT2D eigenvalue weighted by atomic mass is 9.98. The van der Waals surface area contributed by atoms with Crippen molar-refractivity contribution in [2.75, 3.05) is 4.90 Å². The molecule has 2 aromatic heterocycles. The van der Waals surface area contributed by atoms with Gasteiger partial charge in [0, 0.05) is 5.02 Å². The Morgan fingerprint density at radius 2 is 1.97 bits per heavy atom. The smallest absolute Gasteiger partial charge is 0.297 e. The van der Waals surface area contributed by atoms with Gasteiger partial charge in [-0.1, -0.05) is 48.1 Å². The number of anilines is 1. The van der Waals surface area contributed by atoms with Crippen molar-refractivity contribution >= 4 is 55.2 Å². The molecule has 1 aliphatic heterocycles. The number of nitrogens with zero attached hydrogens (tertiary/aromatic N) is 2. The fourth-order valence-corrected chi connectivity index (χ4v) is 5.66. The van der Waals surface area contributed by atoms with Gasteiger partial charge < -0.3 is 9.52 Å². The molecule has 1 amide bonds. The lowest BCUT2D eigenvalue weighted by Gasteiger charge is -2.22. The molecule has 1 atom stereocenters. The Hall–Kier alpha value is -3.68. The van der Waals surface area contributed by atoms with Gasteiger partial charge in [0.15, 0.2) is 10.6 Å². The molecular weight excluding hydrogens is 472 g/mol. The highest BCUT2D eigenvalue weighted by molar-refractivity contribution is 7.22. The van der Waals surface area contributed by atoms with Gasteiger partial charge in [-0.2, -0.15) is 0 Å². The monoisotopic (exact) mass is 488 g/mol. The summed E-state index contributed by atoms with van der Waals surface area (Å²) < 4.78 is 6.91. The molecular formula is C26H17ClN2O4S. The van der Waals surface area contributed by atoms with Gasteiger partial charge in [0.1, 0.15) is 11.3 Å². The van der Waals surface area contributed by atoms with Crippen LogP contribution < -0.4 is 10.3 Å². The maximum Gasteiger partial charge on any atom is 0.297 e. The molecule has 168 valence electrons. The van der Waals surface area contributed by atoms with E-state index >= 15 is 0 Å². The van der Waals surface area contributed by atoms with E-state index in [-0.39, 0.29) is 28.1 Å². The van der Waals surface area contributed by atoms with Gasteiger partial charge in [-0.05, 0) is 60.0 Å². The fraction of sp³-hybridized carbons (Fsp3) is 0.115. The predicted molar refractivity (Wildman–Crippen MR) is 133 cm³/mol. The maximum absolute atomic E-state index is 13.7. The molecule has 1 aliphatic rings. The van der Waals surface area contributed by atoms with Gasteiger partial charge >= 0.3 is 0 Å². The highest BCUT2D eigenvalue weighted by Crippen LogP contribution is 2.44. The van der Waals surface area contributed by atoms with Crippen LogP contribution in [0.4, 0.5) is 5.13 Å². The van der Waals surface area contributed by atoms with Crippen molar-refractivity contribution in [3.05, 3.63) is 98.4 Å². The minimum Gasteiger partial charge on any atom is -0.508 e. The number of thiazole rings is 1. The third-order valence-corrected chi connectivity index (χ3v) is 7.33. The Morgan fingerprint density at radius 1 is 1.12 bits per heavy atom. The molecule has 0 fully saturated rings. The summed E-state index contributed by atoms with van der Waals surface area (Å²) in [6.07, 6.45) is 0.886. The Balaban J connectivity index is 1.63. The first kappa shape index (κ1) is 20.9. The van der Waals surface area contributed by atoms with Gasteiger partial charge in [0.2, 0.25) is 5.76 Å². The summed E-state index contributed by atoms with van der Waals surface area (Å²) in [6.45, 7) is 2.08. The second-order valence-corrected chi connectivity index (χ2v) is 9.58. The lowest BCUT2D eigenvalue weighted by Crippen LogP contribution is -2.29. The second kappa shape index (κ2) is 7.68. The quantitative estimate of drug-likeness (QED) is 0.333. The van der Waals surface area contributed by atoms with Crippen LogP contribution in [0.15, 0.2) is 69.9 Å². The number of rotatable bonds is 3. The number of amides is 1. The first-order valence-corrected chi connectivity index (χ1v) is 11.9. The minimum absolute atomic E-state index is 0.0262. The molecule has 1 N–H and O–H groups in total. The van der Waals surface area contributed by atoms with Crippen molar-refractivity contribution < 1.29 is 14.3 Å². The molecule has 0 saturated heterocycles. The van der Waals surface area contributed by atoms with E-state index in [1.165, 1.54) is 27.9 Å². The number of benzene rings is 3. The molecule has 3 aromatic carbocycles. The normalized spacial score (nSPS) is 15.4. The zero-order chi connectivity index (χ0) is 23.6. The summed E-state index contributed by atoms with van der Waals surface area (Å²) in [5.74, 6) is -0.447. The van der Waals surface area contributed by atoms with E-state index in [2.05, 4.69) is 13.0 Å². The number of phenolic OH excluding ortho intramolecular Hbond substituents is 1. The molecule has 0 bridgehead atoms. The predicted octanol–water partition coefficient (Wildman–Crippen LogP) is 6.07. The SMILES string of the molecule is CCc1ccc2nc(N3C(=O)c4oc5ccc(Cl)cc5c(=O)c4C3c3cccc(O)c3)sc2c1. The van der Waals surface area contributed by atoms with E-state index in [4.69, 9.17) is 21.0 Å². The Labute approximate surface area is 202 Å². The van der Waals surface area contributed by atoms with E-state index in [1.807, 2.05) is 12.1 Å². The Morgan fingerprint density at radius 3 is 2.76 bits per heavy atom. The van der Waals surface area contributed by atoms with E-state index < -0.39 is 11.9 Å².